The summed E-state index contributed by atoms with van der Waals surface area (Å²) >= 11 is 13.3. The molecule has 1 atom stereocenters. The lowest BCUT2D eigenvalue weighted by molar-refractivity contribution is 0.536. The van der Waals surface area contributed by atoms with E-state index in [1.165, 1.54) is 12.3 Å². The topological polar surface area (TPSA) is 89.2 Å². The van der Waals surface area contributed by atoms with Crippen molar-refractivity contribution in [1.29, 1.82) is 0 Å². The zero-order valence-corrected chi connectivity index (χ0v) is 16.8. The highest BCUT2D eigenvalue weighted by molar-refractivity contribution is 7.98. The van der Waals surface area contributed by atoms with Crippen LogP contribution in [0.15, 0.2) is 41.6 Å². The van der Waals surface area contributed by atoms with Crippen LogP contribution in [-0.2, 0) is 10.0 Å². The molecule has 7 nitrogen and oxygen atoms in total. The molecule has 0 amide bonds. The minimum atomic E-state index is -3.87. The van der Waals surface area contributed by atoms with E-state index in [1.54, 1.807) is 28.4 Å². The fourth-order valence-electron chi connectivity index (χ4n) is 2.38. The molecule has 3 aromatic rings. The Labute approximate surface area is 165 Å². The molecule has 0 aromatic carbocycles. The highest BCUT2D eigenvalue weighted by Gasteiger charge is 2.25. The lowest BCUT2D eigenvalue weighted by Gasteiger charge is -2.17. The largest absolute Gasteiger partial charge is 0.285 e. The van der Waals surface area contributed by atoms with Gasteiger partial charge in [-0.3, -0.25) is 4.40 Å². The number of rotatable bonds is 7. The Hall–Kier alpha value is -1.39. The maximum absolute atomic E-state index is 12.8. The van der Waals surface area contributed by atoms with Crippen molar-refractivity contribution in [2.45, 2.75) is 17.4 Å². The highest BCUT2D eigenvalue weighted by atomic mass is 35.5. The summed E-state index contributed by atoms with van der Waals surface area (Å²) in [6.45, 7) is 0. The molecule has 0 aliphatic heterocycles. The number of hydrogen-bond acceptors (Lipinski definition) is 6. The second-order valence-electron chi connectivity index (χ2n) is 5.39. The summed E-state index contributed by atoms with van der Waals surface area (Å²) in [4.78, 5) is 3.74. The van der Waals surface area contributed by atoms with Crippen LogP contribution in [0.3, 0.4) is 0 Å². The average Bonchev–Trinajstić information content (AvgIpc) is 3.05. The van der Waals surface area contributed by atoms with Crippen LogP contribution in [0.1, 0.15) is 18.3 Å². The maximum atomic E-state index is 12.8. The van der Waals surface area contributed by atoms with Gasteiger partial charge in [0.2, 0.25) is 10.0 Å². The quantitative estimate of drug-likeness (QED) is 0.577. The average molecular weight is 432 g/mol. The number of pyridine rings is 2. The summed E-state index contributed by atoms with van der Waals surface area (Å²) in [5, 5.41) is 8.39. The summed E-state index contributed by atoms with van der Waals surface area (Å²) < 4.78 is 30.0. The van der Waals surface area contributed by atoms with Crippen molar-refractivity contribution in [3.05, 3.63) is 52.7 Å². The van der Waals surface area contributed by atoms with Gasteiger partial charge >= 0.3 is 0 Å². The maximum Gasteiger partial charge on any atom is 0.242 e. The standard InChI is InChI=1S/C15H15Cl2N5O2S2/c1-25-7-5-12(15-20-19-13-4-2-3-6-22(13)15)21-26(23,24)10-8-11(16)14(17)18-9-10/h2-4,6,8-9,12,21H,5,7H2,1H3. The predicted molar refractivity (Wildman–Crippen MR) is 103 cm³/mol. The molecule has 0 saturated carbocycles. The van der Waals surface area contributed by atoms with Crippen LogP contribution < -0.4 is 4.72 Å². The number of halogens is 2. The molecule has 0 radical (unpaired) electrons. The van der Waals surface area contributed by atoms with E-state index in [0.29, 0.717) is 17.9 Å². The van der Waals surface area contributed by atoms with Crippen molar-refractivity contribution in [3.63, 3.8) is 0 Å². The Balaban J connectivity index is 1.96. The zero-order chi connectivity index (χ0) is 18.7. The van der Waals surface area contributed by atoms with Crippen LogP contribution in [0.2, 0.25) is 10.2 Å². The minimum Gasteiger partial charge on any atom is -0.285 e. The molecule has 26 heavy (non-hydrogen) atoms. The van der Waals surface area contributed by atoms with E-state index in [-0.39, 0.29) is 15.1 Å². The molecule has 0 bridgehead atoms. The van der Waals surface area contributed by atoms with E-state index in [0.717, 1.165) is 5.75 Å². The second kappa shape index (κ2) is 8.10. The molecule has 0 fully saturated rings. The molecule has 1 unspecified atom stereocenters. The molecule has 0 aliphatic rings. The monoisotopic (exact) mass is 431 g/mol. The highest BCUT2D eigenvalue weighted by Crippen LogP contribution is 2.25. The van der Waals surface area contributed by atoms with Crippen molar-refractivity contribution in [2.24, 2.45) is 0 Å². The Morgan fingerprint density at radius 3 is 2.85 bits per heavy atom. The van der Waals surface area contributed by atoms with Gasteiger partial charge in [0.15, 0.2) is 11.5 Å². The summed E-state index contributed by atoms with van der Waals surface area (Å²) in [6.07, 6.45) is 5.47. The van der Waals surface area contributed by atoms with Gasteiger partial charge in [-0.05, 0) is 36.6 Å². The fraction of sp³-hybridized carbons (Fsp3) is 0.267. The van der Waals surface area contributed by atoms with Gasteiger partial charge in [-0.1, -0.05) is 29.3 Å². The third kappa shape index (κ3) is 4.12. The molecule has 3 heterocycles. The molecule has 3 aromatic heterocycles. The lowest BCUT2D eigenvalue weighted by atomic mass is 10.2. The van der Waals surface area contributed by atoms with Crippen LogP contribution in [0, 0.1) is 0 Å². The van der Waals surface area contributed by atoms with Crippen molar-refractivity contribution in [3.8, 4) is 0 Å². The number of thioether (sulfide) groups is 1. The Morgan fingerprint density at radius 2 is 2.12 bits per heavy atom. The lowest BCUT2D eigenvalue weighted by Crippen LogP contribution is -2.30. The smallest absolute Gasteiger partial charge is 0.242 e. The first-order valence-electron chi connectivity index (χ1n) is 7.54. The zero-order valence-electron chi connectivity index (χ0n) is 13.6. The van der Waals surface area contributed by atoms with Gasteiger partial charge in [0, 0.05) is 12.4 Å². The Bertz CT molecular complexity index is 1030. The summed E-state index contributed by atoms with van der Waals surface area (Å²) in [5.41, 5.74) is 0.645. The van der Waals surface area contributed by atoms with Gasteiger partial charge < -0.3 is 0 Å². The number of nitrogens with zero attached hydrogens (tertiary/aromatic N) is 4. The van der Waals surface area contributed by atoms with Crippen molar-refractivity contribution in [2.75, 3.05) is 12.0 Å². The summed E-state index contributed by atoms with van der Waals surface area (Å²) in [5.74, 6) is 1.26. The van der Waals surface area contributed by atoms with Crippen LogP contribution >= 0.6 is 35.0 Å². The van der Waals surface area contributed by atoms with Crippen LogP contribution in [0.4, 0.5) is 0 Å². The Morgan fingerprint density at radius 1 is 1.31 bits per heavy atom. The van der Waals surface area contributed by atoms with Crippen LogP contribution in [0.5, 0.6) is 0 Å². The first-order chi connectivity index (χ1) is 12.4. The molecular weight excluding hydrogens is 417 g/mol. The van der Waals surface area contributed by atoms with Gasteiger partial charge in [0.1, 0.15) is 10.0 Å². The minimum absolute atomic E-state index is 0.0491. The first kappa shape index (κ1) is 19.4. The first-order valence-corrected chi connectivity index (χ1v) is 11.2. The summed E-state index contributed by atoms with van der Waals surface area (Å²) in [6, 6.07) is 6.20. The van der Waals surface area contributed by atoms with E-state index in [2.05, 4.69) is 19.9 Å². The third-order valence-corrected chi connectivity index (χ3v) is 6.41. The number of sulfonamides is 1. The van der Waals surface area contributed by atoms with Gasteiger partial charge in [-0.15, -0.1) is 10.2 Å². The van der Waals surface area contributed by atoms with Gasteiger partial charge in [-0.25, -0.2) is 18.1 Å². The molecule has 1 N–H and O–H groups in total. The van der Waals surface area contributed by atoms with E-state index in [9.17, 15) is 8.42 Å². The molecule has 11 heteroatoms. The van der Waals surface area contributed by atoms with E-state index < -0.39 is 16.1 Å². The normalized spacial score (nSPS) is 13.2. The Kier molecular flexibility index (Phi) is 6.03. The SMILES string of the molecule is CSCCC(NS(=O)(=O)c1cnc(Cl)c(Cl)c1)c1nnc2ccccn12. The second-order valence-corrected chi connectivity index (χ2v) is 8.85. The van der Waals surface area contributed by atoms with Crippen molar-refractivity contribution in [1.82, 2.24) is 24.3 Å². The van der Waals surface area contributed by atoms with E-state index >= 15 is 0 Å². The molecule has 0 saturated heterocycles. The predicted octanol–water partition coefficient (Wildman–Crippen LogP) is 3.20. The van der Waals surface area contributed by atoms with Gasteiger partial charge in [0.05, 0.1) is 11.1 Å². The van der Waals surface area contributed by atoms with Gasteiger partial charge in [0.25, 0.3) is 0 Å². The fourth-order valence-corrected chi connectivity index (χ4v) is 4.38. The van der Waals surface area contributed by atoms with E-state index in [1.807, 2.05) is 18.4 Å². The van der Waals surface area contributed by atoms with Crippen molar-refractivity contribution < 1.29 is 8.42 Å². The summed E-state index contributed by atoms with van der Waals surface area (Å²) in [7, 11) is -3.87. The van der Waals surface area contributed by atoms with Crippen LogP contribution in [0.25, 0.3) is 5.65 Å². The van der Waals surface area contributed by atoms with Crippen LogP contribution in [-0.4, -0.2) is 40.0 Å². The number of aromatic nitrogens is 4. The molecule has 138 valence electrons. The van der Waals surface area contributed by atoms with Gasteiger partial charge in [-0.2, -0.15) is 11.8 Å². The number of hydrogen-bond donors (Lipinski definition) is 1. The third-order valence-electron chi connectivity index (χ3n) is 3.64. The number of nitrogens with one attached hydrogen (secondary N) is 1. The molecule has 0 aliphatic carbocycles. The molecular formula is C15H15Cl2N5O2S2. The molecule has 0 spiro atoms. The molecule has 3 rings (SSSR count). The van der Waals surface area contributed by atoms with Crippen molar-refractivity contribution >= 4 is 50.6 Å². The van der Waals surface area contributed by atoms with E-state index in [4.69, 9.17) is 23.2 Å². The number of fused-ring (bicyclic) bond motifs is 1.